The summed E-state index contributed by atoms with van der Waals surface area (Å²) >= 11 is 0. The van der Waals surface area contributed by atoms with Crippen molar-refractivity contribution >= 4 is 5.69 Å². The fraction of sp³-hybridized carbons (Fsp3) is 0.312. The van der Waals surface area contributed by atoms with E-state index in [0.717, 1.165) is 30.0 Å². The third-order valence-corrected chi connectivity index (χ3v) is 3.19. The van der Waals surface area contributed by atoms with E-state index in [-0.39, 0.29) is 5.82 Å². The lowest BCUT2D eigenvalue weighted by molar-refractivity contribution is 0.414. The van der Waals surface area contributed by atoms with Gasteiger partial charge in [0.1, 0.15) is 11.6 Å². The zero-order valence-corrected chi connectivity index (χ0v) is 12.1. The number of nitrogens with zero attached hydrogens (tertiary/aromatic N) is 2. The molecule has 21 heavy (non-hydrogen) atoms. The fourth-order valence-corrected chi connectivity index (χ4v) is 2.22. The molecule has 0 amide bonds. The van der Waals surface area contributed by atoms with Gasteiger partial charge in [-0.3, -0.25) is 4.98 Å². The van der Waals surface area contributed by atoms with Gasteiger partial charge < -0.3 is 15.4 Å². The normalized spacial score (nSPS) is 10.4. The van der Waals surface area contributed by atoms with Crippen LogP contribution >= 0.6 is 0 Å². The molecule has 2 aromatic rings. The van der Waals surface area contributed by atoms with Gasteiger partial charge in [0.2, 0.25) is 0 Å². The zero-order chi connectivity index (χ0) is 15.1. The van der Waals surface area contributed by atoms with Gasteiger partial charge in [-0.15, -0.1) is 0 Å². The molecule has 2 N–H and O–H groups in total. The highest BCUT2D eigenvalue weighted by Crippen LogP contribution is 2.29. The number of hydrogen-bond acceptors (Lipinski definition) is 4. The predicted octanol–water partition coefficient (Wildman–Crippen LogP) is 2.58. The largest absolute Gasteiger partial charge is 0.495 e. The van der Waals surface area contributed by atoms with Crippen LogP contribution in [0.25, 0.3) is 0 Å². The first-order valence-electron chi connectivity index (χ1n) is 6.92. The van der Waals surface area contributed by atoms with Crippen LogP contribution in [0.1, 0.15) is 12.0 Å². The SMILES string of the molecule is COc1ccccc1N(CCCN)Cc1cncc(F)c1. The molecule has 112 valence electrons. The maximum absolute atomic E-state index is 13.3. The molecule has 0 aliphatic rings. The second kappa shape index (κ2) is 7.59. The molecule has 0 radical (unpaired) electrons. The maximum atomic E-state index is 13.3. The molecule has 1 aromatic carbocycles. The number of halogens is 1. The van der Waals surface area contributed by atoms with Crippen molar-refractivity contribution in [3.8, 4) is 5.75 Å². The van der Waals surface area contributed by atoms with Gasteiger partial charge in [0, 0.05) is 19.3 Å². The van der Waals surface area contributed by atoms with Crippen LogP contribution in [0, 0.1) is 5.82 Å². The average Bonchev–Trinajstić information content (AvgIpc) is 2.51. The number of pyridine rings is 1. The Morgan fingerprint density at radius 2 is 2.10 bits per heavy atom. The topological polar surface area (TPSA) is 51.4 Å². The van der Waals surface area contributed by atoms with E-state index in [1.807, 2.05) is 24.3 Å². The summed E-state index contributed by atoms with van der Waals surface area (Å²) in [6, 6.07) is 9.28. The number of aromatic nitrogens is 1. The molecule has 0 unspecified atom stereocenters. The third-order valence-electron chi connectivity index (χ3n) is 3.19. The van der Waals surface area contributed by atoms with E-state index in [2.05, 4.69) is 9.88 Å². The Morgan fingerprint density at radius 1 is 1.29 bits per heavy atom. The number of ether oxygens (including phenoxy) is 1. The molecule has 0 fully saturated rings. The van der Waals surface area contributed by atoms with Crippen molar-refractivity contribution in [1.29, 1.82) is 0 Å². The minimum Gasteiger partial charge on any atom is -0.495 e. The van der Waals surface area contributed by atoms with Gasteiger partial charge in [-0.1, -0.05) is 12.1 Å². The van der Waals surface area contributed by atoms with Crippen LogP contribution in [0.3, 0.4) is 0 Å². The van der Waals surface area contributed by atoms with E-state index in [1.165, 1.54) is 12.3 Å². The number of rotatable bonds is 7. The highest BCUT2D eigenvalue weighted by Gasteiger charge is 2.12. The monoisotopic (exact) mass is 289 g/mol. The zero-order valence-electron chi connectivity index (χ0n) is 12.1. The summed E-state index contributed by atoms with van der Waals surface area (Å²) in [5.41, 5.74) is 7.40. The van der Waals surface area contributed by atoms with Gasteiger partial charge in [-0.2, -0.15) is 0 Å². The molecule has 0 bridgehead atoms. The quantitative estimate of drug-likeness (QED) is 0.851. The molecular weight excluding hydrogens is 269 g/mol. The molecular formula is C16H20FN3O. The molecule has 0 saturated heterocycles. The Kier molecular flexibility index (Phi) is 5.51. The van der Waals surface area contributed by atoms with Gasteiger partial charge >= 0.3 is 0 Å². The molecule has 0 atom stereocenters. The number of anilines is 1. The van der Waals surface area contributed by atoms with E-state index >= 15 is 0 Å². The summed E-state index contributed by atoms with van der Waals surface area (Å²) in [5, 5.41) is 0. The van der Waals surface area contributed by atoms with Gasteiger partial charge in [0.05, 0.1) is 19.0 Å². The minimum atomic E-state index is -0.327. The Hall–Kier alpha value is -2.14. The lowest BCUT2D eigenvalue weighted by Crippen LogP contribution is -2.26. The fourth-order valence-electron chi connectivity index (χ4n) is 2.22. The third kappa shape index (κ3) is 4.16. The Morgan fingerprint density at radius 3 is 2.81 bits per heavy atom. The van der Waals surface area contributed by atoms with Crippen molar-refractivity contribution in [2.24, 2.45) is 5.73 Å². The van der Waals surface area contributed by atoms with Crippen LogP contribution < -0.4 is 15.4 Å². The molecule has 1 aromatic heterocycles. The highest BCUT2D eigenvalue weighted by atomic mass is 19.1. The van der Waals surface area contributed by atoms with Gasteiger partial charge in [0.25, 0.3) is 0 Å². The molecule has 4 nitrogen and oxygen atoms in total. The summed E-state index contributed by atoms with van der Waals surface area (Å²) in [4.78, 5) is 6.02. The van der Waals surface area contributed by atoms with E-state index in [0.29, 0.717) is 13.1 Å². The smallest absolute Gasteiger partial charge is 0.142 e. The van der Waals surface area contributed by atoms with Crippen molar-refractivity contribution in [3.63, 3.8) is 0 Å². The summed E-state index contributed by atoms with van der Waals surface area (Å²) in [7, 11) is 1.64. The second-order valence-corrected chi connectivity index (χ2v) is 4.75. The van der Waals surface area contributed by atoms with E-state index < -0.39 is 0 Å². The predicted molar refractivity (Wildman–Crippen MR) is 81.9 cm³/mol. The lowest BCUT2D eigenvalue weighted by atomic mass is 10.2. The summed E-state index contributed by atoms with van der Waals surface area (Å²) in [5.74, 6) is 0.463. The van der Waals surface area contributed by atoms with E-state index in [4.69, 9.17) is 10.5 Å². The Balaban J connectivity index is 2.25. The molecule has 0 aliphatic heterocycles. The first-order valence-corrected chi connectivity index (χ1v) is 6.92. The first-order chi connectivity index (χ1) is 10.2. The van der Waals surface area contributed by atoms with Crippen molar-refractivity contribution in [1.82, 2.24) is 4.98 Å². The molecule has 0 spiro atoms. The average molecular weight is 289 g/mol. The summed E-state index contributed by atoms with van der Waals surface area (Å²) in [6.07, 6.45) is 3.73. The summed E-state index contributed by atoms with van der Waals surface area (Å²) < 4.78 is 18.7. The van der Waals surface area contributed by atoms with Crippen LogP contribution in [-0.2, 0) is 6.54 Å². The van der Waals surface area contributed by atoms with Gasteiger partial charge in [-0.25, -0.2) is 4.39 Å². The first kappa shape index (κ1) is 15.3. The van der Waals surface area contributed by atoms with Crippen LogP contribution in [0.5, 0.6) is 5.75 Å². The summed E-state index contributed by atoms with van der Waals surface area (Å²) in [6.45, 7) is 1.94. The number of benzene rings is 1. The number of methoxy groups -OCH3 is 1. The van der Waals surface area contributed by atoms with E-state index in [1.54, 1.807) is 13.3 Å². The van der Waals surface area contributed by atoms with Gasteiger partial charge in [-0.05, 0) is 36.7 Å². The van der Waals surface area contributed by atoms with Crippen molar-refractivity contribution in [2.45, 2.75) is 13.0 Å². The van der Waals surface area contributed by atoms with Crippen LogP contribution in [0.4, 0.5) is 10.1 Å². The Bertz CT molecular complexity index is 577. The lowest BCUT2D eigenvalue weighted by Gasteiger charge is -2.26. The Labute approximate surface area is 124 Å². The second-order valence-electron chi connectivity index (χ2n) is 4.75. The van der Waals surface area contributed by atoms with Crippen LogP contribution in [0.15, 0.2) is 42.7 Å². The van der Waals surface area contributed by atoms with Crippen molar-refractivity contribution in [2.75, 3.05) is 25.1 Å². The maximum Gasteiger partial charge on any atom is 0.142 e. The van der Waals surface area contributed by atoms with Crippen LogP contribution in [0.2, 0.25) is 0 Å². The minimum absolute atomic E-state index is 0.327. The molecule has 0 aliphatic carbocycles. The number of para-hydroxylation sites is 2. The number of nitrogens with two attached hydrogens (primary N) is 1. The number of hydrogen-bond donors (Lipinski definition) is 1. The van der Waals surface area contributed by atoms with Gasteiger partial charge in [0.15, 0.2) is 0 Å². The molecule has 1 heterocycles. The molecule has 5 heteroatoms. The van der Waals surface area contributed by atoms with Crippen molar-refractivity contribution < 1.29 is 9.13 Å². The van der Waals surface area contributed by atoms with Crippen molar-refractivity contribution in [3.05, 3.63) is 54.1 Å². The highest BCUT2D eigenvalue weighted by molar-refractivity contribution is 5.58. The molecule has 2 rings (SSSR count). The molecule has 0 saturated carbocycles. The van der Waals surface area contributed by atoms with E-state index in [9.17, 15) is 4.39 Å². The van der Waals surface area contributed by atoms with Crippen LogP contribution in [-0.4, -0.2) is 25.2 Å². The standard InChI is InChI=1S/C16H20FN3O/c1-21-16-6-3-2-5-15(16)20(8-4-7-18)12-13-9-14(17)11-19-10-13/h2-3,5-6,9-11H,4,7-8,12,18H2,1H3.